The van der Waals surface area contributed by atoms with Crippen LogP contribution < -0.4 is 0 Å². The predicted octanol–water partition coefficient (Wildman–Crippen LogP) is 3.81. The monoisotopic (exact) mass is 413 g/mol. The molecule has 0 bridgehead atoms. The number of nitrogens with zero attached hydrogens (tertiary/aromatic N) is 5. The van der Waals surface area contributed by atoms with Crippen LogP contribution in [0.15, 0.2) is 54.3 Å². The summed E-state index contributed by atoms with van der Waals surface area (Å²) in [5.41, 5.74) is 3.33. The molecule has 4 heterocycles. The van der Waals surface area contributed by atoms with Crippen LogP contribution in [0.25, 0.3) is 16.2 Å². The van der Waals surface area contributed by atoms with E-state index in [1.807, 2.05) is 41.2 Å². The van der Waals surface area contributed by atoms with Crippen molar-refractivity contribution < 1.29 is 4.74 Å². The third-order valence-corrected chi connectivity index (χ3v) is 6.03. The van der Waals surface area contributed by atoms with Gasteiger partial charge in [-0.25, -0.2) is 4.98 Å². The van der Waals surface area contributed by atoms with Gasteiger partial charge in [-0.3, -0.25) is 14.0 Å². The van der Waals surface area contributed by atoms with Gasteiger partial charge in [0, 0.05) is 54.2 Å². The lowest BCUT2D eigenvalue weighted by Gasteiger charge is -2.32. The lowest BCUT2D eigenvalue weighted by Crippen LogP contribution is -2.44. The molecule has 1 aromatic carbocycles. The van der Waals surface area contributed by atoms with E-state index in [4.69, 9.17) is 21.3 Å². The van der Waals surface area contributed by atoms with Gasteiger partial charge in [0.25, 0.3) is 0 Å². The van der Waals surface area contributed by atoms with E-state index in [1.165, 1.54) is 5.69 Å². The minimum atomic E-state index is 0.138. The van der Waals surface area contributed by atoms with Gasteiger partial charge < -0.3 is 4.74 Å². The molecule has 0 amide bonds. The third-order valence-electron chi connectivity index (χ3n) is 5.02. The molecule has 1 atom stereocenters. The average molecular weight is 414 g/mol. The van der Waals surface area contributed by atoms with E-state index in [-0.39, 0.29) is 6.10 Å². The smallest absolute Gasteiger partial charge is 0.194 e. The molecule has 5 rings (SSSR count). The van der Waals surface area contributed by atoms with Gasteiger partial charge in [0.15, 0.2) is 4.96 Å². The van der Waals surface area contributed by atoms with Crippen molar-refractivity contribution in [2.45, 2.75) is 19.2 Å². The topological polar surface area (TPSA) is 47.6 Å². The Morgan fingerprint density at radius 1 is 1.21 bits per heavy atom. The zero-order valence-electron chi connectivity index (χ0n) is 15.2. The first kappa shape index (κ1) is 17.9. The molecule has 3 aromatic heterocycles. The van der Waals surface area contributed by atoms with Gasteiger partial charge >= 0.3 is 0 Å². The fourth-order valence-corrected chi connectivity index (χ4v) is 4.54. The SMILES string of the molecule is Clc1ccc(-c2nc3sccn3c2CN2CCOC(Cn3cccn3)C2)cc1. The van der Waals surface area contributed by atoms with Crippen LogP contribution in [0.2, 0.25) is 5.02 Å². The number of aromatic nitrogens is 4. The van der Waals surface area contributed by atoms with Crippen molar-refractivity contribution in [2.24, 2.45) is 0 Å². The van der Waals surface area contributed by atoms with Crippen molar-refractivity contribution in [3.05, 3.63) is 65.0 Å². The molecule has 0 radical (unpaired) electrons. The molecule has 0 spiro atoms. The highest BCUT2D eigenvalue weighted by Gasteiger charge is 2.24. The molecule has 1 aliphatic heterocycles. The van der Waals surface area contributed by atoms with E-state index in [0.717, 1.165) is 54.0 Å². The molecule has 0 saturated carbocycles. The van der Waals surface area contributed by atoms with E-state index < -0.39 is 0 Å². The van der Waals surface area contributed by atoms with Crippen molar-refractivity contribution in [1.82, 2.24) is 24.1 Å². The number of thiazole rings is 1. The van der Waals surface area contributed by atoms with Crippen LogP contribution in [0.5, 0.6) is 0 Å². The summed E-state index contributed by atoms with van der Waals surface area (Å²) in [6, 6.07) is 9.86. The Kier molecular flexibility index (Phi) is 4.90. The number of benzene rings is 1. The molecule has 8 heteroatoms. The predicted molar refractivity (Wildman–Crippen MR) is 111 cm³/mol. The van der Waals surface area contributed by atoms with Crippen LogP contribution >= 0.6 is 22.9 Å². The van der Waals surface area contributed by atoms with Gasteiger partial charge in [-0.2, -0.15) is 5.10 Å². The van der Waals surface area contributed by atoms with Crippen molar-refractivity contribution in [3.8, 4) is 11.3 Å². The normalized spacial score (nSPS) is 18.1. The Hall–Kier alpha value is -2.19. The number of imidazole rings is 1. The number of rotatable bonds is 5. The van der Waals surface area contributed by atoms with Crippen molar-refractivity contribution in [3.63, 3.8) is 0 Å². The number of ether oxygens (including phenoxy) is 1. The molecule has 1 unspecified atom stereocenters. The van der Waals surface area contributed by atoms with Crippen molar-refractivity contribution in [1.29, 1.82) is 0 Å². The molecule has 0 N–H and O–H groups in total. The van der Waals surface area contributed by atoms with Gasteiger partial charge in [0.05, 0.1) is 30.6 Å². The van der Waals surface area contributed by atoms with E-state index >= 15 is 0 Å². The first-order valence-electron chi connectivity index (χ1n) is 9.28. The van der Waals surface area contributed by atoms with Crippen LogP contribution in [0.4, 0.5) is 0 Å². The van der Waals surface area contributed by atoms with E-state index in [0.29, 0.717) is 0 Å². The van der Waals surface area contributed by atoms with E-state index in [1.54, 1.807) is 17.5 Å². The molecule has 4 aromatic rings. The van der Waals surface area contributed by atoms with Gasteiger partial charge in [0.1, 0.15) is 0 Å². The number of hydrogen-bond acceptors (Lipinski definition) is 5. The quantitative estimate of drug-likeness (QED) is 0.499. The molecule has 1 saturated heterocycles. The van der Waals surface area contributed by atoms with Gasteiger partial charge in [-0.05, 0) is 18.2 Å². The summed E-state index contributed by atoms with van der Waals surface area (Å²) in [5.74, 6) is 0. The zero-order chi connectivity index (χ0) is 18.9. The number of halogens is 1. The summed E-state index contributed by atoms with van der Waals surface area (Å²) in [7, 11) is 0. The average Bonchev–Trinajstić information content (AvgIpc) is 3.42. The summed E-state index contributed by atoms with van der Waals surface area (Å²) in [4.78, 5) is 8.34. The third kappa shape index (κ3) is 3.58. The second-order valence-corrected chi connectivity index (χ2v) is 8.24. The maximum atomic E-state index is 6.07. The Morgan fingerprint density at radius 3 is 2.93 bits per heavy atom. The van der Waals surface area contributed by atoms with Crippen molar-refractivity contribution >= 4 is 27.9 Å². The van der Waals surface area contributed by atoms with E-state index in [9.17, 15) is 0 Å². The zero-order valence-corrected chi connectivity index (χ0v) is 16.8. The number of fused-ring (bicyclic) bond motifs is 1. The highest BCUT2D eigenvalue weighted by Crippen LogP contribution is 2.29. The molecule has 6 nitrogen and oxygen atoms in total. The second-order valence-electron chi connectivity index (χ2n) is 6.93. The minimum Gasteiger partial charge on any atom is -0.374 e. The van der Waals surface area contributed by atoms with Gasteiger partial charge in [-0.1, -0.05) is 23.7 Å². The van der Waals surface area contributed by atoms with Crippen LogP contribution in [0, 0.1) is 0 Å². The lowest BCUT2D eigenvalue weighted by atomic mass is 10.1. The summed E-state index contributed by atoms with van der Waals surface area (Å²) in [5, 5.41) is 7.12. The number of morpholine rings is 1. The Morgan fingerprint density at radius 2 is 2.11 bits per heavy atom. The fraction of sp³-hybridized carbons (Fsp3) is 0.300. The van der Waals surface area contributed by atoms with Crippen LogP contribution in [0.1, 0.15) is 5.69 Å². The first-order valence-corrected chi connectivity index (χ1v) is 10.5. The van der Waals surface area contributed by atoms with Gasteiger partial charge in [-0.15, -0.1) is 11.3 Å². The molecule has 144 valence electrons. The summed E-state index contributed by atoms with van der Waals surface area (Å²) in [6.45, 7) is 4.11. The molecule has 28 heavy (non-hydrogen) atoms. The number of hydrogen-bond donors (Lipinski definition) is 0. The van der Waals surface area contributed by atoms with Crippen molar-refractivity contribution in [2.75, 3.05) is 19.7 Å². The maximum Gasteiger partial charge on any atom is 0.194 e. The Balaban J connectivity index is 1.40. The Labute approximate surface area is 171 Å². The summed E-state index contributed by atoms with van der Waals surface area (Å²) >= 11 is 7.73. The lowest BCUT2D eigenvalue weighted by molar-refractivity contribution is -0.0405. The maximum absolute atomic E-state index is 6.07. The molecule has 0 aliphatic carbocycles. The molecule has 1 aliphatic rings. The minimum absolute atomic E-state index is 0.138. The largest absolute Gasteiger partial charge is 0.374 e. The molecule has 1 fully saturated rings. The van der Waals surface area contributed by atoms with E-state index in [2.05, 4.69) is 26.0 Å². The first-order chi connectivity index (χ1) is 13.8. The standard InChI is InChI=1S/C20H20ClN5OS/c21-16-4-2-15(3-5-16)19-18(26-9-11-28-20(26)23-19)14-24-8-10-27-17(12-24)13-25-7-1-6-22-25/h1-7,9,11,17H,8,10,12-14H2. The van der Waals surface area contributed by atoms with Crippen LogP contribution in [0.3, 0.4) is 0 Å². The van der Waals surface area contributed by atoms with Crippen LogP contribution in [-0.4, -0.2) is 49.9 Å². The van der Waals surface area contributed by atoms with Gasteiger partial charge in [0.2, 0.25) is 0 Å². The summed E-state index contributed by atoms with van der Waals surface area (Å²) in [6.07, 6.45) is 6.02. The highest BCUT2D eigenvalue weighted by atomic mass is 35.5. The Bertz CT molecular complexity index is 1060. The second kappa shape index (κ2) is 7.67. The summed E-state index contributed by atoms with van der Waals surface area (Å²) < 4.78 is 10.1. The molecular formula is C20H20ClN5OS. The molecular weight excluding hydrogens is 394 g/mol. The van der Waals surface area contributed by atoms with Crippen LogP contribution in [-0.2, 0) is 17.8 Å². The highest BCUT2D eigenvalue weighted by molar-refractivity contribution is 7.15. The fourth-order valence-electron chi connectivity index (χ4n) is 3.69.